The van der Waals surface area contributed by atoms with E-state index < -0.39 is 0 Å². The number of anilines is 1. The van der Waals surface area contributed by atoms with Crippen molar-refractivity contribution in [3.05, 3.63) is 95.6 Å². The van der Waals surface area contributed by atoms with Crippen LogP contribution in [-0.2, 0) is 29.0 Å². The molecule has 40 heavy (non-hydrogen) atoms. The molecule has 0 atom stereocenters. The van der Waals surface area contributed by atoms with Crippen LogP contribution < -0.4 is 9.64 Å². The Kier molecular flexibility index (Phi) is 10.8. The summed E-state index contributed by atoms with van der Waals surface area (Å²) in [6, 6.07) is 26.4. The van der Waals surface area contributed by atoms with Crippen LogP contribution in [0.4, 0.5) is 5.69 Å². The van der Waals surface area contributed by atoms with E-state index in [0.717, 1.165) is 42.1 Å². The smallest absolute Gasteiger partial charge is 0.227 e. The molecule has 2 amide bonds. The van der Waals surface area contributed by atoms with Gasteiger partial charge in [-0.25, -0.2) is 0 Å². The quantitative estimate of drug-likeness (QED) is 0.365. The molecule has 1 aliphatic heterocycles. The van der Waals surface area contributed by atoms with Crippen molar-refractivity contribution < 1.29 is 14.3 Å². The molecule has 0 saturated heterocycles. The minimum Gasteiger partial charge on any atom is -0.494 e. The molecule has 0 bridgehead atoms. The van der Waals surface area contributed by atoms with Gasteiger partial charge in [0.15, 0.2) is 0 Å². The lowest BCUT2D eigenvalue weighted by Gasteiger charge is -2.30. The first-order chi connectivity index (χ1) is 19.4. The van der Waals surface area contributed by atoms with Crippen LogP contribution in [0.15, 0.2) is 78.9 Å². The monoisotopic (exact) mass is 541 g/mol. The zero-order valence-corrected chi connectivity index (χ0v) is 24.2. The van der Waals surface area contributed by atoms with Gasteiger partial charge in [0, 0.05) is 50.9 Å². The number of fused-ring (bicyclic) bond motifs is 1. The highest BCUT2D eigenvalue weighted by molar-refractivity contribution is 5.94. The van der Waals surface area contributed by atoms with Crippen molar-refractivity contribution >= 4 is 17.5 Å². The van der Waals surface area contributed by atoms with Gasteiger partial charge in [-0.15, -0.1) is 0 Å². The third-order valence-corrected chi connectivity index (χ3v) is 7.57. The molecule has 6 heteroatoms. The summed E-state index contributed by atoms with van der Waals surface area (Å²) in [6.07, 6.45) is 2.37. The van der Waals surface area contributed by atoms with Gasteiger partial charge in [0.25, 0.3) is 0 Å². The fourth-order valence-corrected chi connectivity index (χ4v) is 5.28. The van der Waals surface area contributed by atoms with Crippen LogP contribution in [-0.4, -0.2) is 60.4 Å². The van der Waals surface area contributed by atoms with Crippen molar-refractivity contribution in [2.45, 2.75) is 59.0 Å². The number of aryl methyl sites for hydroxylation is 1. The summed E-state index contributed by atoms with van der Waals surface area (Å²) < 4.78 is 5.56. The van der Waals surface area contributed by atoms with Gasteiger partial charge >= 0.3 is 0 Å². The van der Waals surface area contributed by atoms with Gasteiger partial charge < -0.3 is 14.5 Å². The standard InChI is InChI=1S/C34H43N3O3/c1-4-40-31-18-15-29(16-19-31)25-34(39)36-24-23-35(27(2)3)21-10-22-37(32-14-9-8-13-30(32)26-36)33(38)20-17-28-11-6-5-7-12-28/h5-9,11-16,18-19,27H,4,10,17,20-26H2,1-3H3. The van der Waals surface area contributed by atoms with E-state index in [4.69, 9.17) is 4.74 Å². The molecule has 0 aromatic heterocycles. The molecule has 4 rings (SSSR count). The third kappa shape index (κ3) is 8.18. The molecule has 1 aliphatic rings. The zero-order valence-electron chi connectivity index (χ0n) is 24.2. The maximum atomic E-state index is 13.7. The second-order valence-electron chi connectivity index (χ2n) is 10.7. The molecular formula is C34H43N3O3. The van der Waals surface area contributed by atoms with Crippen molar-refractivity contribution in [3.8, 4) is 5.75 Å². The molecule has 0 saturated carbocycles. The fraction of sp³-hybridized carbons (Fsp3) is 0.412. The van der Waals surface area contributed by atoms with Crippen molar-refractivity contribution in [2.75, 3.05) is 37.7 Å². The van der Waals surface area contributed by atoms with E-state index in [-0.39, 0.29) is 11.8 Å². The predicted molar refractivity (Wildman–Crippen MR) is 162 cm³/mol. The summed E-state index contributed by atoms with van der Waals surface area (Å²) in [4.78, 5) is 33.7. The van der Waals surface area contributed by atoms with Gasteiger partial charge in [0.05, 0.1) is 13.0 Å². The van der Waals surface area contributed by atoms with Gasteiger partial charge in [-0.2, -0.15) is 0 Å². The van der Waals surface area contributed by atoms with Crippen LogP contribution in [0.2, 0.25) is 0 Å². The highest BCUT2D eigenvalue weighted by Crippen LogP contribution is 2.25. The number of nitrogens with zero attached hydrogens (tertiary/aromatic N) is 3. The molecule has 0 N–H and O–H groups in total. The number of ether oxygens (including phenoxy) is 1. The van der Waals surface area contributed by atoms with Gasteiger partial charge in [-0.1, -0.05) is 60.7 Å². The Morgan fingerprint density at radius 2 is 1.52 bits per heavy atom. The molecule has 0 unspecified atom stereocenters. The van der Waals surface area contributed by atoms with Crippen LogP contribution in [0.1, 0.15) is 50.3 Å². The summed E-state index contributed by atoms with van der Waals surface area (Å²) in [7, 11) is 0. The molecule has 1 heterocycles. The summed E-state index contributed by atoms with van der Waals surface area (Å²) in [5.74, 6) is 1.02. The van der Waals surface area contributed by atoms with Crippen molar-refractivity contribution in [3.63, 3.8) is 0 Å². The number of para-hydroxylation sites is 1. The SMILES string of the molecule is CCOc1ccc(CC(=O)N2CCN(C(C)C)CCCN(C(=O)CCc3ccccc3)c3ccccc3C2)cc1. The summed E-state index contributed by atoms with van der Waals surface area (Å²) in [6.45, 7) is 10.4. The normalized spacial score (nSPS) is 14.9. The maximum absolute atomic E-state index is 13.7. The number of benzene rings is 3. The molecule has 212 valence electrons. The van der Waals surface area contributed by atoms with Gasteiger partial charge in [-0.05, 0) is 68.5 Å². The molecule has 3 aromatic rings. The van der Waals surface area contributed by atoms with E-state index in [9.17, 15) is 9.59 Å². The van der Waals surface area contributed by atoms with Crippen LogP contribution in [0.25, 0.3) is 0 Å². The lowest BCUT2D eigenvalue weighted by atomic mass is 10.1. The van der Waals surface area contributed by atoms with E-state index in [1.165, 1.54) is 5.56 Å². The molecule has 0 radical (unpaired) electrons. The van der Waals surface area contributed by atoms with Crippen LogP contribution >= 0.6 is 0 Å². The van der Waals surface area contributed by atoms with E-state index in [0.29, 0.717) is 51.5 Å². The van der Waals surface area contributed by atoms with Crippen LogP contribution in [0, 0.1) is 0 Å². The summed E-state index contributed by atoms with van der Waals surface area (Å²) in [5.41, 5.74) is 4.06. The topological polar surface area (TPSA) is 53.1 Å². The van der Waals surface area contributed by atoms with E-state index in [1.807, 2.05) is 77.4 Å². The number of carbonyl (C=O) groups is 2. The average molecular weight is 542 g/mol. The van der Waals surface area contributed by atoms with Crippen LogP contribution in [0.5, 0.6) is 5.75 Å². The Balaban J connectivity index is 1.57. The Morgan fingerprint density at radius 3 is 2.25 bits per heavy atom. The Hall–Kier alpha value is -3.64. The van der Waals surface area contributed by atoms with E-state index in [2.05, 4.69) is 36.9 Å². The first-order valence-electron chi connectivity index (χ1n) is 14.6. The highest BCUT2D eigenvalue weighted by atomic mass is 16.5. The number of hydrogen-bond acceptors (Lipinski definition) is 4. The van der Waals surface area contributed by atoms with Crippen LogP contribution in [0.3, 0.4) is 0 Å². The highest BCUT2D eigenvalue weighted by Gasteiger charge is 2.24. The number of amides is 2. The van der Waals surface area contributed by atoms with E-state index in [1.54, 1.807) is 0 Å². The minimum atomic E-state index is 0.0869. The lowest BCUT2D eigenvalue weighted by molar-refractivity contribution is -0.131. The second kappa shape index (κ2) is 14.7. The number of rotatable bonds is 8. The Bertz CT molecular complexity index is 1230. The predicted octanol–water partition coefficient (Wildman–Crippen LogP) is 5.74. The Morgan fingerprint density at radius 1 is 0.800 bits per heavy atom. The number of hydrogen-bond donors (Lipinski definition) is 0. The largest absolute Gasteiger partial charge is 0.494 e. The summed E-state index contributed by atoms with van der Waals surface area (Å²) in [5, 5.41) is 0. The first-order valence-corrected chi connectivity index (χ1v) is 14.6. The van der Waals surface area contributed by atoms with Gasteiger partial charge in [-0.3, -0.25) is 14.5 Å². The molecular weight excluding hydrogens is 498 g/mol. The molecule has 6 nitrogen and oxygen atoms in total. The van der Waals surface area contributed by atoms with Crippen molar-refractivity contribution in [1.82, 2.24) is 9.80 Å². The van der Waals surface area contributed by atoms with Gasteiger partial charge in [0.1, 0.15) is 5.75 Å². The molecule has 0 fully saturated rings. The lowest BCUT2D eigenvalue weighted by Crippen LogP contribution is -2.41. The molecule has 0 spiro atoms. The fourth-order valence-electron chi connectivity index (χ4n) is 5.28. The third-order valence-electron chi connectivity index (χ3n) is 7.57. The molecule has 0 aliphatic carbocycles. The maximum Gasteiger partial charge on any atom is 0.227 e. The molecule has 3 aromatic carbocycles. The first kappa shape index (κ1) is 29.3. The Labute approximate surface area is 239 Å². The minimum absolute atomic E-state index is 0.0869. The van der Waals surface area contributed by atoms with E-state index >= 15 is 0 Å². The zero-order chi connectivity index (χ0) is 28.3. The average Bonchev–Trinajstić information content (AvgIpc) is 3.00. The second-order valence-corrected chi connectivity index (χ2v) is 10.7. The van der Waals surface area contributed by atoms with Crippen molar-refractivity contribution in [1.29, 1.82) is 0 Å². The number of carbonyl (C=O) groups excluding carboxylic acids is 2. The summed E-state index contributed by atoms with van der Waals surface area (Å²) >= 11 is 0. The van der Waals surface area contributed by atoms with Gasteiger partial charge in [0.2, 0.25) is 11.8 Å². The van der Waals surface area contributed by atoms with Crippen molar-refractivity contribution in [2.24, 2.45) is 0 Å².